The largest absolute Gasteiger partial charge is 0.510 e. The first kappa shape index (κ1) is 14.9. The second-order valence-corrected chi connectivity index (χ2v) is 5.54. The Kier molecular flexibility index (Phi) is 4.11. The van der Waals surface area contributed by atoms with Crippen LogP contribution in [0.1, 0.15) is 12.8 Å². The fourth-order valence-corrected chi connectivity index (χ4v) is 2.36. The van der Waals surface area contributed by atoms with Crippen LogP contribution in [0.15, 0.2) is 65.9 Å². The standard InChI is InChI=1S/C19H16N2O2/c20-12-17(18(22)15-6-7-15)19(23)21-16-10-8-14(9-11-16)13-4-2-1-3-5-13/h1-5,8-11,15,22H,6-7H2,(H,21,23). The number of nitrogens with zero attached hydrogens (tertiary/aromatic N) is 1. The molecule has 0 spiro atoms. The molecule has 0 aromatic heterocycles. The van der Waals surface area contributed by atoms with Gasteiger partial charge in [-0.25, -0.2) is 0 Å². The Hall–Kier alpha value is -3.06. The van der Waals surface area contributed by atoms with Crippen LogP contribution in [0, 0.1) is 17.2 Å². The number of allylic oxidation sites excluding steroid dienone is 1. The summed E-state index contributed by atoms with van der Waals surface area (Å²) >= 11 is 0. The van der Waals surface area contributed by atoms with Crippen LogP contribution in [0.3, 0.4) is 0 Å². The molecule has 0 saturated heterocycles. The molecule has 2 N–H and O–H groups in total. The summed E-state index contributed by atoms with van der Waals surface area (Å²) in [5, 5.41) is 21.6. The van der Waals surface area contributed by atoms with Gasteiger partial charge in [0.05, 0.1) is 0 Å². The van der Waals surface area contributed by atoms with Gasteiger partial charge in [-0.1, -0.05) is 42.5 Å². The van der Waals surface area contributed by atoms with Crippen molar-refractivity contribution in [3.8, 4) is 17.2 Å². The lowest BCUT2D eigenvalue weighted by Crippen LogP contribution is -2.15. The first-order valence-electron chi connectivity index (χ1n) is 7.49. The molecule has 0 atom stereocenters. The maximum absolute atomic E-state index is 12.1. The summed E-state index contributed by atoms with van der Waals surface area (Å²) in [5.74, 6) is -0.689. The molecule has 2 aromatic carbocycles. The molecule has 3 rings (SSSR count). The molecule has 0 unspecified atom stereocenters. The highest BCUT2D eigenvalue weighted by atomic mass is 16.3. The van der Waals surface area contributed by atoms with E-state index in [9.17, 15) is 9.90 Å². The Labute approximate surface area is 134 Å². The zero-order valence-electron chi connectivity index (χ0n) is 12.5. The molecule has 1 amide bonds. The van der Waals surface area contributed by atoms with Crippen LogP contribution in [0.4, 0.5) is 5.69 Å². The van der Waals surface area contributed by atoms with E-state index in [4.69, 9.17) is 5.26 Å². The van der Waals surface area contributed by atoms with Crippen molar-refractivity contribution < 1.29 is 9.90 Å². The number of hydrogen-bond acceptors (Lipinski definition) is 3. The van der Waals surface area contributed by atoms with E-state index >= 15 is 0 Å². The van der Waals surface area contributed by atoms with E-state index in [-0.39, 0.29) is 17.3 Å². The summed E-state index contributed by atoms with van der Waals surface area (Å²) in [6, 6.07) is 19.1. The quantitative estimate of drug-likeness (QED) is 0.508. The molecule has 4 nitrogen and oxygen atoms in total. The molecule has 1 saturated carbocycles. The van der Waals surface area contributed by atoms with Gasteiger partial charge in [-0.05, 0) is 36.1 Å². The van der Waals surface area contributed by atoms with Crippen LogP contribution in [-0.2, 0) is 4.79 Å². The minimum atomic E-state index is -0.565. The van der Waals surface area contributed by atoms with Gasteiger partial charge in [0, 0.05) is 11.6 Å². The molecule has 114 valence electrons. The number of anilines is 1. The first-order chi connectivity index (χ1) is 11.2. The molecule has 0 aliphatic heterocycles. The topological polar surface area (TPSA) is 73.1 Å². The Bertz CT molecular complexity index is 782. The lowest BCUT2D eigenvalue weighted by molar-refractivity contribution is -0.112. The molecule has 2 aromatic rings. The number of amides is 1. The molecule has 1 fully saturated rings. The van der Waals surface area contributed by atoms with E-state index in [1.54, 1.807) is 18.2 Å². The number of nitrogens with one attached hydrogen (secondary N) is 1. The molecule has 23 heavy (non-hydrogen) atoms. The minimum absolute atomic E-state index is 0.0316. The number of hydrogen-bond donors (Lipinski definition) is 2. The predicted molar refractivity (Wildman–Crippen MR) is 88.5 cm³/mol. The summed E-state index contributed by atoms with van der Waals surface area (Å²) < 4.78 is 0. The highest BCUT2D eigenvalue weighted by Crippen LogP contribution is 2.36. The summed E-state index contributed by atoms with van der Waals surface area (Å²) in [6.07, 6.45) is 1.66. The van der Waals surface area contributed by atoms with Crippen molar-refractivity contribution in [1.82, 2.24) is 0 Å². The average Bonchev–Trinajstić information content (AvgIpc) is 3.42. The van der Waals surface area contributed by atoms with Gasteiger partial charge in [-0.3, -0.25) is 4.79 Å². The third-order valence-electron chi connectivity index (χ3n) is 3.81. The van der Waals surface area contributed by atoms with Crippen LogP contribution in [0.5, 0.6) is 0 Å². The number of aliphatic hydroxyl groups excluding tert-OH is 1. The lowest BCUT2D eigenvalue weighted by Gasteiger charge is -2.07. The van der Waals surface area contributed by atoms with E-state index in [1.165, 1.54) is 0 Å². The first-order valence-corrected chi connectivity index (χ1v) is 7.49. The molecule has 0 bridgehead atoms. The summed E-state index contributed by atoms with van der Waals surface area (Å²) in [7, 11) is 0. The molecular formula is C19H16N2O2. The van der Waals surface area contributed by atoms with Crippen LogP contribution >= 0.6 is 0 Å². The van der Waals surface area contributed by atoms with E-state index in [1.807, 2.05) is 42.5 Å². The summed E-state index contributed by atoms with van der Waals surface area (Å²) in [5.41, 5.74) is 2.53. The number of nitriles is 1. The molecule has 4 heteroatoms. The third-order valence-corrected chi connectivity index (χ3v) is 3.81. The SMILES string of the molecule is N#CC(C(=O)Nc1ccc(-c2ccccc2)cc1)=C(O)C1CC1. The number of rotatable bonds is 4. The van der Waals surface area contributed by atoms with Gasteiger partial charge >= 0.3 is 0 Å². The van der Waals surface area contributed by atoms with Crippen LogP contribution < -0.4 is 5.32 Å². The van der Waals surface area contributed by atoms with E-state index in [0.29, 0.717) is 5.69 Å². The molecule has 0 radical (unpaired) electrons. The normalized spacial score (nSPS) is 14.6. The van der Waals surface area contributed by atoms with Crippen molar-refractivity contribution in [2.45, 2.75) is 12.8 Å². The lowest BCUT2D eigenvalue weighted by atomic mass is 10.1. The van der Waals surface area contributed by atoms with Crippen LogP contribution in [-0.4, -0.2) is 11.0 Å². The molecule has 0 heterocycles. The molecule has 1 aliphatic rings. The Morgan fingerprint density at radius 3 is 2.22 bits per heavy atom. The van der Waals surface area contributed by atoms with E-state index < -0.39 is 5.91 Å². The van der Waals surface area contributed by atoms with Crippen molar-refractivity contribution in [3.63, 3.8) is 0 Å². The average molecular weight is 304 g/mol. The minimum Gasteiger partial charge on any atom is -0.510 e. The molecule has 1 aliphatic carbocycles. The predicted octanol–water partition coefficient (Wildman–Crippen LogP) is 4.04. The fourth-order valence-electron chi connectivity index (χ4n) is 2.36. The van der Waals surface area contributed by atoms with E-state index in [0.717, 1.165) is 24.0 Å². The van der Waals surface area contributed by atoms with Crippen molar-refractivity contribution in [3.05, 3.63) is 65.9 Å². The third kappa shape index (κ3) is 3.41. The number of carbonyl (C=O) groups is 1. The van der Waals surface area contributed by atoms with E-state index in [2.05, 4.69) is 5.32 Å². The van der Waals surface area contributed by atoms with Gasteiger partial charge in [0.1, 0.15) is 11.8 Å². The second-order valence-electron chi connectivity index (χ2n) is 5.54. The zero-order chi connectivity index (χ0) is 16.2. The van der Waals surface area contributed by atoms with Gasteiger partial charge in [-0.15, -0.1) is 0 Å². The van der Waals surface area contributed by atoms with Crippen molar-refractivity contribution in [1.29, 1.82) is 5.26 Å². The van der Waals surface area contributed by atoms with Gasteiger partial charge in [0.15, 0.2) is 5.57 Å². The zero-order valence-corrected chi connectivity index (χ0v) is 12.5. The Morgan fingerprint density at radius 2 is 1.65 bits per heavy atom. The summed E-state index contributed by atoms with van der Waals surface area (Å²) in [6.45, 7) is 0. The maximum Gasteiger partial charge on any atom is 0.269 e. The van der Waals surface area contributed by atoms with Gasteiger partial charge < -0.3 is 10.4 Å². The maximum atomic E-state index is 12.1. The fraction of sp³-hybridized carbons (Fsp3) is 0.158. The van der Waals surface area contributed by atoms with Crippen molar-refractivity contribution >= 4 is 11.6 Å². The van der Waals surface area contributed by atoms with Gasteiger partial charge in [-0.2, -0.15) is 5.26 Å². The summed E-state index contributed by atoms with van der Waals surface area (Å²) in [4.78, 5) is 12.1. The van der Waals surface area contributed by atoms with Crippen molar-refractivity contribution in [2.75, 3.05) is 5.32 Å². The Balaban J connectivity index is 1.75. The number of aliphatic hydroxyl groups is 1. The van der Waals surface area contributed by atoms with Gasteiger partial charge in [0.2, 0.25) is 0 Å². The van der Waals surface area contributed by atoms with Crippen LogP contribution in [0.2, 0.25) is 0 Å². The van der Waals surface area contributed by atoms with Gasteiger partial charge in [0.25, 0.3) is 5.91 Å². The smallest absolute Gasteiger partial charge is 0.269 e. The highest BCUT2D eigenvalue weighted by Gasteiger charge is 2.30. The number of benzene rings is 2. The highest BCUT2D eigenvalue weighted by molar-refractivity contribution is 6.07. The Morgan fingerprint density at radius 1 is 1.04 bits per heavy atom. The molecular weight excluding hydrogens is 288 g/mol. The number of carbonyl (C=O) groups excluding carboxylic acids is 1. The monoisotopic (exact) mass is 304 g/mol. The van der Waals surface area contributed by atoms with Crippen LogP contribution in [0.25, 0.3) is 11.1 Å². The van der Waals surface area contributed by atoms with Crippen molar-refractivity contribution in [2.24, 2.45) is 5.92 Å². The second kappa shape index (κ2) is 6.37.